The fraction of sp³-hybridized carbons (Fsp3) is 0.0476. The second kappa shape index (κ2) is 7.73. The van der Waals surface area contributed by atoms with E-state index in [-0.39, 0.29) is 34.5 Å². The van der Waals surface area contributed by atoms with E-state index < -0.39 is 0 Å². The van der Waals surface area contributed by atoms with E-state index in [0.717, 1.165) is 5.56 Å². The molecule has 2 heterocycles. The van der Waals surface area contributed by atoms with Gasteiger partial charge < -0.3 is 16.0 Å². The highest BCUT2D eigenvalue weighted by Gasteiger charge is 2.20. The van der Waals surface area contributed by atoms with Crippen LogP contribution >= 0.6 is 11.6 Å². The quantitative estimate of drug-likeness (QED) is 0.439. The fourth-order valence-corrected chi connectivity index (χ4v) is 3.28. The van der Waals surface area contributed by atoms with E-state index in [1.165, 1.54) is 12.5 Å². The van der Waals surface area contributed by atoms with E-state index in [2.05, 4.69) is 20.3 Å². The Kier molecular flexibility index (Phi) is 4.97. The van der Waals surface area contributed by atoms with Gasteiger partial charge in [-0.25, -0.2) is 9.97 Å². The summed E-state index contributed by atoms with van der Waals surface area (Å²) in [5.74, 6) is -0.341. The Hall–Kier alpha value is -3.71. The summed E-state index contributed by atoms with van der Waals surface area (Å²) in [4.78, 5) is 36.3. The van der Waals surface area contributed by atoms with Crippen LogP contribution in [-0.2, 0) is 11.2 Å². The number of carbonyl (C=O) groups excluding carboxylic acids is 2. The lowest BCUT2D eigenvalue weighted by Crippen LogP contribution is -2.15. The second-order valence-corrected chi connectivity index (χ2v) is 6.83. The van der Waals surface area contributed by atoms with Crippen molar-refractivity contribution in [3.05, 3.63) is 82.8 Å². The van der Waals surface area contributed by atoms with Gasteiger partial charge in [-0.05, 0) is 23.8 Å². The molecule has 0 bridgehead atoms. The van der Waals surface area contributed by atoms with Gasteiger partial charge in [-0.1, -0.05) is 41.9 Å². The SMILES string of the molecule is Nc1ncnc2[nH]cc(C(=O)c3cc(NC(=O)Cc4ccccc4)ccc3Cl)c12. The first-order chi connectivity index (χ1) is 14.0. The van der Waals surface area contributed by atoms with Gasteiger partial charge in [0.2, 0.25) is 5.91 Å². The monoisotopic (exact) mass is 405 g/mol. The highest BCUT2D eigenvalue weighted by molar-refractivity contribution is 6.36. The van der Waals surface area contributed by atoms with Crippen LogP contribution in [0.2, 0.25) is 5.02 Å². The topological polar surface area (TPSA) is 114 Å². The number of ketones is 1. The van der Waals surface area contributed by atoms with Crippen LogP contribution in [0.1, 0.15) is 21.5 Å². The lowest BCUT2D eigenvalue weighted by molar-refractivity contribution is -0.115. The molecule has 7 nitrogen and oxygen atoms in total. The summed E-state index contributed by atoms with van der Waals surface area (Å²) in [6.45, 7) is 0. The van der Waals surface area contributed by atoms with E-state index in [9.17, 15) is 9.59 Å². The number of fused-ring (bicyclic) bond motifs is 1. The Balaban J connectivity index is 1.61. The first-order valence-corrected chi connectivity index (χ1v) is 9.16. The number of rotatable bonds is 5. The van der Waals surface area contributed by atoms with Crippen LogP contribution in [0.15, 0.2) is 61.1 Å². The van der Waals surface area contributed by atoms with E-state index in [1.807, 2.05) is 30.3 Å². The smallest absolute Gasteiger partial charge is 0.228 e. The molecule has 4 N–H and O–H groups in total. The largest absolute Gasteiger partial charge is 0.383 e. The van der Waals surface area contributed by atoms with Gasteiger partial charge in [0.25, 0.3) is 0 Å². The normalized spacial score (nSPS) is 10.8. The molecule has 2 aromatic heterocycles. The molecule has 0 saturated heterocycles. The van der Waals surface area contributed by atoms with Crippen molar-refractivity contribution in [1.29, 1.82) is 0 Å². The molecule has 4 rings (SSSR count). The zero-order valence-corrected chi connectivity index (χ0v) is 15.9. The molecular formula is C21H16ClN5O2. The first kappa shape index (κ1) is 18.6. The number of hydrogen-bond donors (Lipinski definition) is 3. The van der Waals surface area contributed by atoms with E-state index in [1.54, 1.807) is 18.2 Å². The number of nitrogens with two attached hydrogens (primary N) is 1. The third kappa shape index (κ3) is 3.81. The molecule has 0 aliphatic carbocycles. The van der Waals surface area contributed by atoms with Crippen LogP contribution in [-0.4, -0.2) is 26.6 Å². The van der Waals surface area contributed by atoms with Crippen molar-refractivity contribution in [2.75, 3.05) is 11.1 Å². The molecule has 2 aromatic carbocycles. The van der Waals surface area contributed by atoms with Crippen molar-refractivity contribution in [2.24, 2.45) is 0 Å². The minimum atomic E-state index is -0.345. The number of anilines is 2. The van der Waals surface area contributed by atoms with Crippen LogP contribution in [0.5, 0.6) is 0 Å². The summed E-state index contributed by atoms with van der Waals surface area (Å²) in [6.07, 6.45) is 3.07. The molecule has 144 valence electrons. The van der Waals surface area contributed by atoms with Gasteiger partial charge >= 0.3 is 0 Å². The van der Waals surface area contributed by atoms with Gasteiger partial charge in [-0.15, -0.1) is 0 Å². The number of nitrogen functional groups attached to an aromatic ring is 1. The van der Waals surface area contributed by atoms with Crippen molar-refractivity contribution in [3.8, 4) is 0 Å². The summed E-state index contributed by atoms with van der Waals surface area (Å²) in [7, 11) is 0. The van der Waals surface area contributed by atoms with Gasteiger partial charge in [0, 0.05) is 17.4 Å². The van der Waals surface area contributed by atoms with Crippen molar-refractivity contribution >= 4 is 45.8 Å². The molecule has 0 atom stereocenters. The highest BCUT2D eigenvalue weighted by Crippen LogP contribution is 2.28. The van der Waals surface area contributed by atoms with Crippen molar-refractivity contribution < 1.29 is 9.59 Å². The molecule has 0 aliphatic rings. The predicted octanol–water partition coefficient (Wildman–Crippen LogP) is 3.61. The van der Waals surface area contributed by atoms with Crippen LogP contribution in [0.3, 0.4) is 0 Å². The number of amides is 1. The van der Waals surface area contributed by atoms with Crippen molar-refractivity contribution in [3.63, 3.8) is 0 Å². The number of nitrogens with one attached hydrogen (secondary N) is 2. The predicted molar refractivity (Wildman–Crippen MR) is 112 cm³/mol. The number of hydrogen-bond acceptors (Lipinski definition) is 5. The van der Waals surface area contributed by atoms with Gasteiger partial charge in [0.1, 0.15) is 17.8 Å². The molecule has 0 fully saturated rings. The molecule has 0 spiro atoms. The Morgan fingerprint density at radius 3 is 2.66 bits per heavy atom. The minimum Gasteiger partial charge on any atom is -0.383 e. The van der Waals surface area contributed by atoms with E-state index in [0.29, 0.717) is 22.3 Å². The fourth-order valence-electron chi connectivity index (χ4n) is 3.07. The summed E-state index contributed by atoms with van der Waals surface area (Å²) in [5.41, 5.74) is 8.30. The minimum absolute atomic E-state index is 0.193. The number of aromatic nitrogens is 3. The number of carbonyl (C=O) groups is 2. The number of aromatic amines is 1. The number of nitrogens with zero attached hydrogens (tertiary/aromatic N) is 2. The Morgan fingerprint density at radius 1 is 1.07 bits per heavy atom. The van der Waals surface area contributed by atoms with Gasteiger partial charge in [-0.3, -0.25) is 9.59 Å². The molecule has 8 heteroatoms. The third-order valence-corrected chi connectivity index (χ3v) is 4.78. The van der Waals surface area contributed by atoms with Crippen LogP contribution in [0, 0.1) is 0 Å². The van der Waals surface area contributed by atoms with Gasteiger partial charge in [0.15, 0.2) is 5.78 Å². The molecule has 0 unspecified atom stereocenters. The summed E-state index contributed by atoms with van der Waals surface area (Å²) in [5, 5.41) is 3.50. The third-order valence-electron chi connectivity index (χ3n) is 4.45. The average molecular weight is 406 g/mol. The van der Waals surface area contributed by atoms with Crippen LogP contribution < -0.4 is 11.1 Å². The Bertz CT molecular complexity index is 1220. The lowest BCUT2D eigenvalue weighted by atomic mass is 10.0. The maximum Gasteiger partial charge on any atom is 0.228 e. The summed E-state index contributed by atoms with van der Waals surface area (Å²) < 4.78 is 0. The van der Waals surface area contributed by atoms with E-state index >= 15 is 0 Å². The standard InChI is InChI=1S/C21H16ClN5O2/c22-16-7-6-13(27-17(28)8-12-4-2-1-3-5-12)9-14(16)19(29)15-10-24-21-18(15)20(23)25-11-26-21/h1-7,9-11H,8H2,(H,27,28)(H3,23,24,25,26). The number of benzene rings is 2. The molecule has 0 radical (unpaired) electrons. The maximum absolute atomic E-state index is 13.1. The number of halogens is 1. The Morgan fingerprint density at radius 2 is 1.86 bits per heavy atom. The molecule has 0 saturated carbocycles. The molecule has 1 amide bonds. The zero-order chi connectivity index (χ0) is 20.4. The van der Waals surface area contributed by atoms with Crippen LogP contribution in [0.25, 0.3) is 11.0 Å². The average Bonchev–Trinajstić information content (AvgIpc) is 3.15. The molecule has 4 aromatic rings. The van der Waals surface area contributed by atoms with E-state index in [4.69, 9.17) is 17.3 Å². The lowest BCUT2D eigenvalue weighted by Gasteiger charge is -2.09. The first-order valence-electron chi connectivity index (χ1n) is 8.78. The molecule has 0 aliphatic heterocycles. The van der Waals surface area contributed by atoms with Crippen molar-refractivity contribution in [2.45, 2.75) is 6.42 Å². The maximum atomic E-state index is 13.1. The molecular weight excluding hydrogens is 390 g/mol. The number of H-pyrrole nitrogens is 1. The van der Waals surface area contributed by atoms with Gasteiger partial charge in [0.05, 0.1) is 22.4 Å². The summed E-state index contributed by atoms with van der Waals surface area (Å²) >= 11 is 6.26. The van der Waals surface area contributed by atoms with Crippen molar-refractivity contribution in [1.82, 2.24) is 15.0 Å². The van der Waals surface area contributed by atoms with Gasteiger partial charge in [-0.2, -0.15) is 0 Å². The van der Waals surface area contributed by atoms with Crippen LogP contribution in [0.4, 0.5) is 11.5 Å². The second-order valence-electron chi connectivity index (χ2n) is 6.42. The highest BCUT2D eigenvalue weighted by atomic mass is 35.5. The zero-order valence-electron chi connectivity index (χ0n) is 15.1. The molecule has 29 heavy (non-hydrogen) atoms. The Labute approximate surface area is 170 Å². The summed E-state index contributed by atoms with van der Waals surface area (Å²) in [6, 6.07) is 14.2.